The van der Waals surface area contributed by atoms with E-state index in [2.05, 4.69) is 0 Å². The first-order valence-electron chi connectivity index (χ1n) is 2.67. The van der Waals surface area contributed by atoms with E-state index >= 15 is 0 Å². The van der Waals surface area contributed by atoms with E-state index in [9.17, 15) is 9.59 Å². The smallest absolute Gasteiger partial charge is 0.338 e. The van der Waals surface area contributed by atoms with Gasteiger partial charge in [-0.05, 0) is 25.0 Å². The summed E-state index contributed by atoms with van der Waals surface area (Å²) in [5, 5.41) is 0. The Bertz CT molecular complexity index is 118. The van der Waals surface area contributed by atoms with E-state index in [1.165, 1.54) is 0 Å². The molecule has 0 aliphatic heterocycles. The molecular formula is C6H7NaO2. The summed E-state index contributed by atoms with van der Waals surface area (Å²) in [6.07, 6.45) is 3.62. The molecule has 1 rings (SSSR count). The van der Waals surface area contributed by atoms with Crippen molar-refractivity contribution in [1.82, 2.24) is 0 Å². The number of Topliss-reactive ketones (excluding diaryl/α,β-unsaturated/α-hetero) is 1. The summed E-state index contributed by atoms with van der Waals surface area (Å²) < 4.78 is 0. The van der Waals surface area contributed by atoms with Crippen molar-refractivity contribution < 1.29 is 39.1 Å². The van der Waals surface area contributed by atoms with Crippen LogP contribution in [0.2, 0.25) is 0 Å². The van der Waals surface area contributed by atoms with Gasteiger partial charge in [-0.1, -0.05) is 0 Å². The van der Waals surface area contributed by atoms with Gasteiger partial charge >= 0.3 is 29.6 Å². The third-order valence-corrected chi connectivity index (χ3v) is 1.21. The van der Waals surface area contributed by atoms with Crippen LogP contribution in [0.25, 0.3) is 0 Å². The minimum atomic E-state index is 0. The number of hydrogen-bond donors (Lipinski definition) is 0. The van der Waals surface area contributed by atoms with E-state index in [-0.39, 0.29) is 41.3 Å². The summed E-state index contributed by atoms with van der Waals surface area (Å²) in [4.78, 5) is 20.2. The Morgan fingerprint density at radius 3 is 2.44 bits per heavy atom. The Morgan fingerprint density at radius 1 is 1.56 bits per heavy atom. The third kappa shape index (κ3) is 3.04. The maximum Gasteiger partial charge on any atom is 1.00 e. The van der Waals surface area contributed by atoms with Crippen LogP contribution in [0.3, 0.4) is 0 Å². The minimum absolute atomic E-state index is 0. The molecule has 0 N–H and O–H groups in total. The van der Waals surface area contributed by atoms with Crippen molar-refractivity contribution >= 4 is 12.1 Å². The van der Waals surface area contributed by atoms with Crippen LogP contribution < -0.4 is 29.6 Å². The molecule has 0 heterocycles. The van der Waals surface area contributed by atoms with Gasteiger partial charge in [-0.2, -0.15) is 0 Å². The molecule has 1 aliphatic rings. The summed E-state index contributed by atoms with van der Waals surface area (Å²) in [6.45, 7) is 0. The van der Waals surface area contributed by atoms with Crippen LogP contribution in [0.1, 0.15) is 12.8 Å². The molecule has 1 aliphatic carbocycles. The Balaban J connectivity index is 0.000000640. The molecule has 0 unspecified atom stereocenters. The van der Waals surface area contributed by atoms with Crippen LogP contribution >= 0.6 is 0 Å². The monoisotopic (exact) mass is 134 g/mol. The van der Waals surface area contributed by atoms with Gasteiger partial charge in [0.2, 0.25) is 0 Å². The zero-order valence-electron chi connectivity index (χ0n) is 5.46. The quantitative estimate of drug-likeness (QED) is 0.183. The van der Waals surface area contributed by atoms with E-state index in [4.69, 9.17) is 0 Å². The van der Waals surface area contributed by atoms with Crippen molar-refractivity contribution in [2.45, 2.75) is 12.8 Å². The number of aldehydes is 1. The van der Waals surface area contributed by atoms with Gasteiger partial charge in [0.25, 0.3) is 0 Å². The fourth-order valence-electron chi connectivity index (χ4n) is 0.571. The normalized spacial score (nSPS) is 15.6. The molecule has 3 heteroatoms. The molecular weight excluding hydrogens is 127 g/mol. The first-order valence-corrected chi connectivity index (χ1v) is 2.67. The number of ketones is 1. The van der Waals surface area contributed by atoms with Crippen LogP contribution in [0.4, 0.5) is 0 Å². The number of carbonyl (C=O) groups is 2. The number of hydrogen-bond acceptors (Lipinski definition) is 2. The molecule has 0 aromatic rings. The summed E-state index contributed by atoms with van der Waals surface area (Å²) in [5.74, 6) is 0.195. The van der Waals surface area contributed by atoms with Gasteiger partial charge in [-0.25, -0.2) is 0 Å². The van der Waals surface area contributed by atoms with E-state index in [1.54, 1.807) is 0 Å². The van der Waals surface area contributed by atoms with Gasteiger partial charge in [-0.15, -0.1) is 0 Å². The van der Waals surface area contributed by atoms with Gasteiger partial charge in [0, 0.05) is 5.78 Å². The van der Waals surface area contributed by atoms with Crippen LogP contribution in [0.5, 0.6) is 0 Å². The summed E-state index contributed by atoms with van der Waals surface area (Å²) in [6, 6.07) is 0. The average Bonchev–Trinajstić information content (AvgIpc) is 2.45. The summed E-state index contributed by atoms with van der Waals surface area (Å²) in [7, 11) is 0. The van der Waals surface area contributed by atoms with Gasteiger partial charge < -0.3 is 9.59 Å². The first-order chi connectivity index (χ1) is 3.84. The zero-order chi connectivity index (χ0) is 5.98. The van der Waals surface area contributed by atoms with Crippen molar-refractivity contribution in [3.05, 3.63) is 6.42 Å². The van der Waals surface area contributed by atoms with Crippen molar-refractivity contribution in [3.63, 3.8) is 0 Å². The molecule has 1 saturated carbocycles. The van der Waals surface area contributed by atoms with Crippen LogP contribution in [0.15, 0.2) is 0 Å². The SMILES string of the molecule is O=C[CH-]C(=O)C1CC1.[Na+]. The minimum Gasteiger partial charge on any atom is -0.338 e. The number of rotatable bonds is 3. The molecule has 0 aromatic heterocycles. The molecule has 9 heavy (non-hydrogen) atoms. The predicted molar refractivity (Wildman–Crippen MR) is 28.1 cm³/mol. The second-order valence-corrected chi connectivity index (χ2v) is 1.98. The molecule has 44 valence electrons. The van der Waals surface area contributed by atoms with Gasteiger partial charge in [0.05, 0.1) is 0 Å². The van der Waals surface area contributed by atoms with E-state index < -0.39 is 0 Å². The maximum atomic E-state index is 10.5. The van der Waals surface area contributed by atoms with Crippen molar-refractivity contribution in [3.8, 4) is 0 Å². The summed E-state index contributed by atoms with van der Waals surface area (Å²) >= 11 is 0. The molecule has 0 atom stereocenters. The van der Waals surface area contributed by atoms with Crippen LogP contribution in [-0.2, 0) is 9.59 Å². The number of carbonyl (C=O) groups excluding carboxylic acids is 2. The molecule has 1 fully saturated rings. The predicted octanol–water partition coefficient (Wildman–Crippen LogP) is -2.63. The average molecular weight is 134 g/mol. The second-order valence-electron chi connectivity index (χ2n) is 1.98. The third-order valence-electron chi connectivity index (χ3n) is 1.21. The van der Waals surface area contributed by atoms with Crippen molar-refractivity contribution in [1.29, 1.82) is 0 Å². The maximum absolute atomic E-state index is 10.5. The molecule has 0 aromatic carbocycles. The van der Waals surface area contributed by atoms with E-state index in [0.29, 0.717) is 6.29 Å². The van der Waals surface area contributed by atoms with E-state index in [1.807, 2.05) is 0 Å². The van der Waals surface area contributed by atoms with E-state index in [0.717, 1.165) is 19.3 Å². The fraction of sp³-hybridized carbons (Fsp3) is 0.500. The fourth-order valence-corrected chi connectivity index (χ4v) is 0.571. The van der Waals surface area contributed by atoms with Gasteiger partial charge in [-0.3, -0.25) is 6.42 Å². The Morgan fingerprint density at radius 2 is 2.11 bits per heavy atom. The Kier molecular flexibility index (Phi) is 4.19. The first kappa shape index (κ1) is 9.21. The molecule has 0 spiro atoms. The van der Waals surface area contributed by atoms with Crippen LogP contribution in [-0.4, -0.2) is 12.1 Å². The largest absolute Gasteiger partial charge is 1.00 e. The zero-order valence-corrected chi connectivity index (χ0v) is 7.46. The topological polar surface area (TPSA) is 34.1 Å². The standard InChI is InChI=1S/C6H7O2.Na/c7-4-3-6(8)5-1-2-5;/h3-5H,1-2H2;/q-1;+1. The van der Waals surface area contributed by atoms with Crippen molar-refractivity contribution in [2.75, 3.05) is 0 Å². The molecule has 2 nitrogen and oxygen atoms in total. The summed E-state index contributed by atoms with van der Waals surface area (Å²) in [5.41, 5.74) is 0. The van der Waals surface area contributed by atoms with Gasteiger partial charge in [0.1, 0.15) is 0 Å². The molecule has 0 amide bonds. The van der Waals surface area contributed by atoms with Crippen LogP contribution in [0, 0.1) is 12.3 Å². The Hall–Kier alpha value is 0.210. The molecule has 0 bridgehead atoms. The second kappa shape index (κ2) is 4.09. The Labute approximate surface area is 76.3 Å². The van der Waals surface area contributed by atoms with Gasteiger partial charge in [0.15, 0.2) is 0 Å². The molecule has 0 radical (unpaired) electrons. The molecule has 0 saturated heterocycles. The van der Waals surface area contributed by atoms with Crippen molar-refractivity contribution in [2.24, 2.45) is 5.92 Å².